The first kappa shape index (κ1) is 18.9. The lowest BCUT2D eigenvalue weighted by molar-refractivity contribution is 0.0652. The minimum Gasteiger partial charge on any atom is -0.333 e. The molecule has 8 heteroatoms. The van der Waals surface area contributed by atoms with Gasteiger partial charge in [-0.3, -0.25) is 4.79 Å². The van der Waals surface area contributed by atoms with Gasteiger partial charge in [0.25, 0.3) is 5.91 Å². The fourth-order valence-corrected chi connectivity index (χ4v) is 5.82. The summed E-state index contributed by atoms with van der Waals surface area (Å²) in [4.78, 5) is 28.8. The number of nitrogens with zero attached hydrogens (tertiary/aromatic N) is 6. The number of aromatic nitrogens is 4. The highest BCUT2D eigenvalue weighted by Crippen LogP contribution is 2.43. The van der Waals surface area contributed by atoms with Gasteiger partial charge in [0.2, 0.25) is 5.82 Å². The molecule has 1 fully saturated rings. The van der Waals surface area contributed by atoms with Gasteiger partial charge in [-0.25, -0.2) is 14.5 Å². The summed E-state index contributed by atoms with van der Waals surface area (Å²) in [6.45, 7) is 10.2. The number of hydrogen-bond donors (Lipinski definition) is 0. The van der Waals surface area contributed by atoms with E-state index in [1.165, 1.54) is 16.9 Å². The zero-order valence-corrected chi connectivity index (χ0v) is 18.4. The molecule has 4 heterocycles. The lowest BCUT2D eigenvalue weighted by Crippen LogP contribution is -2.47. The molecule has 0 bridgehead atoms. The molecule has 0 radical (unpaired) electrons. The molecule has 0 spiro atoms. The van der Waals surface area contributed by atoms with Crippen molar-refractivity contribution in [1.82, 2.24) is 29.4 Å². The molecule has 3 aromatic heterocycles. The molecule has 7 nitrogen and oxygen atoms in total. The summed E-state index contributed by atoms with van der Waals surface area (Å²) in [6.07, 6.45) is 5.04. The van der Waals surface area contributed by atoms with E-state index in [-0.39, 0.29) is 11.7 Å². The maximum Gasteiger partial charge on any atom is 0.293 e. The highest BCUT2D eigenvalue weighted by molar-refractivity contribution is 7.19. The van der Waals surface area contributed by atoms with E-state index in [1.54, 1.807) is 22.2 Å². The molecule has 1 unspecified atom stereocenters. The quantitative estimate of drug-likeness (QED) is 0.615. The van der Waals surface area contributed by atoms with E-state index in [1.807, 2.05) is 4.90 Å². The summed E-state index contributed by atoms with van der Waals surface area (Å²) in [7, 11) is 2.08. The number of piperazine rings is 1. The third-order valence-electron chi connectivity index (χ3n) is 6.59. The van der Waals surface area contributed by atoms with Gasteiger partial charge >= 0.3 is 0 Å². The normalized spacial score (nSPS) is 21.1. The molecule has 0 aromatic carbocycles. The van der Waals surface area contributed by atoms with Gasteiger partial charge in [-0.1, -0.05) is 20.8 Å². The minimum atomic E-state index is -0.0770. The Hall–Kier alpha value is -2.06. The van der Waals surface area contributed by atoms with Crippen molar-refractivity contribution in [2.75, 3.05) is 33.2 Å². The molecule has 2 aliphatic rings. The molecule has 3 aromatic rings. The van der Waals surface area contributed by atoms with Crippen LogP contribution in [0.3, 0.4) is 0 Å². The lowest BCUT2D eigenvalue weighted by Gasteiger charge is -2.33. The maximum atomic E-state index is 12.9. The van der Waals surface area contributed by atoms with Crippen LogP contribution in [-0.2, 0) is 12.8 Å². The van der Waals surface area contributed by atoms with Crippen molar-refractivity contribution >= 4 is 33.1 Å². The van der Waals surface area contributed by atoms with Crippen LogP contribution in [0.1, 0.15) is 48.3 Å². The summed E-state index contributed by atoms with van der Waals surface area (Å²) in [5, 5.41) is 5.58. The van der Waals surface area contributed by atoms with Gasteiger partial charge in [-0.05, 0) is 43.2 Å². The van der Waals surface area contributed by atoms with Gasteiger partial charge in [0, 0.05) is 31.1 Å². The molecule has 1 aliphatic carbocycles. The molecule has 1 aliphatic heterocycles. The summed E-state index contributed by atoms with van der Waals surface area (Å²) >= 11 is 1.79. The van der Waals surface area contributed by atoms with Crippen LogP contribution >= 0.6 is 11.3 Å². The molecular formula is C21H28N6OS. The Morgan fingerprint density at radius 1 is 1.21 bits per heavy atom. The zero-order chi connectivity index (χ0) is 20.3. The summed E-state index contributed by atoms with van der Waals surface area (Å²) in [5.41, 5.74) is 2.46. The Labute approximate surface area is 174 Å². The number of carbonyl (C=O) groups is 1. The van der Waals surface area contributed by atoms with E-state index in [9.17, 15) is 4.79 Å². The Bertz CT molecular complexity index is 1090. The van der Waals surface area contributed by atoms with Gasteiger partial charge < -0.3 is 9.80 Å². The van der Waals surface area contributed by atoms with Crippen LogP contribution in [0.15, 0.2) is 6.33 Å². The van der Waals surface area contributed by atoms with Gasteiger partial charge in [0.1, 0.15) is 11.2 Å². The summed E-state index contributed by atoms with van der Waals surface area (Å²) in [6, 6.07) is 0. The first-order valence-electron chi connectivity index (χ1n) is 10.4. The molecule has 154 valence electrons. The number of aryl methyl sites for hydroxylation is 1. The third-order valence-corrected chi connectivity index (χ3v) is 7.75. The van der Waals surface area contributed by atoms with Crippen LogP contribution in [0.2, 0.25) is 0 Å². The second kappa shape index (κ2) is 6.74. The second-order valence-electron chi connectivity index (χ2n) is 9.53. The summed E-state index contributed by atoms with van der Waals surface area (Å²) < 4.78 is 1.69. The predicted molar refractivity (Wildman–Crippen MR) is 115 cm³/mol. The van der Waals surface area contributed by atoms with E-state index in [0.717, 1.165) is 54.9 Å². The Morgan fingerprint density at radius 3 is 2.69 bits per heavy atom. The number of likely N-dealkylation sites (N-methyl/N-ethyl adjacent to an activating group) is 1. The smallest absolute Gasteiger partial charge is 0.293 e. The number of carbonyl (C=O) groups excluding carboxylic acids is 1. The van der Waals surface area contributed by atoms with Gasteiger partial charge in [0.05, 0.1) is 5.39 Å². The third kappa shape index (κ3) is 3.22. The van der Waals surface area contributed by atoms with Crippen molar-refractivity contribution in [2.24, 2.45) is 11.3 Å². The first-order chi connectivity index (χ1) is 13.8. The van der Waals surface area contributed by atoms with Gasteiger partial charge in [0.15, 0.2) is 5.65 Å². The molecule has 5 rings (SSSR count). The first-order valence-corrected chi connectivity index (χ1v) is 11.3. The van der Waals surface area contributed by atoms with Gasteiger partial charge in [-0.2, -0.15) is 0 Å². The van der Waals surface area contributed by atoms with Crippen LogP contribution in [-0.4, -0.2) is 68.5 Å². The van der Waals surface area contributed by atoms with E-state index < -0.39 is 0 Å². The number of rotatable bonds is 1. The Balaban J connectivity index is 1.53. The van der Waals surface area contributed by atoms with E-state index >= 15 is 0 Å². The van der Waals surface area contributed by atoms with Crippen LogP contribution < -0.4 is 0 Å². The number of fused-ring (bicyclic) bond motifs is 5. The maximum absolute atomic E-state index is 12.9. The molecule has 1 amide bonds. The van der Waals surface area contributed by atoms with Crippen molar-refractivity contribution in [2.45, 2.75) is 40.0 Å². The topological polar surface area (TPSA) is 66.6 Å². The van der Waals surface area contributed by atoms with Crippen molar-refractivity contribution in [3.8, 4) is 0 Å². The van der Waals surface area contributed by atoms with Crippen molar-refractivity contribution < 1.29 is 4.79 Å². The van der Waals surface area contributed by atoms with Gasteiger partial charge in [-0.15, -0.1) is 16.4 Å². The van der Waals surface area contributed by atoms with Crippen molar-refractivity contribution in [3.63, 3.8) is 0 Å². The fraction of sp³-hybridized carbons (Fsp3) is 0.619. The highest BCUT2D eigenvalue weighted by Gasteiger charge is 2.32. The Morgan fingerprint density at radius 2 is 1.97 bits per heavy atom. The highest BCUT2D eigenvalue weighted by atomic mass is 32.1. The molecule has 0 N–H and O–H groups in total. The van der Waals surface area contributed by atoms with Crippen LogP contribution in [0.5, 0.6) is 0 Å². The SMILES string of the molecule is CN1CCN(C(=O)c2nc3c4c5c(sc4ncn3n2)CC(C(C)(C)C)CC5)CC1. The number of amides is 1. The van der Waals surface area contributed by atoms with E-state index in [0.29, 0.717) is 11.3 Å². The minimum absolute atomic E-state index is 0.0770. The van der Waals surface area contributed by atoms with Crippen molar-refractivity contribution in [1.29, 1.82) is 0 Å². The lowest BCUT2D eigenvalue weighted by atomic mass is 9.72. The molecule has 0 saturated carbocycles. The molecular weight excluding hydrogens is 384 g/mol. The second-order valence-corrected chi connectivity index (χ2v) is 10.6. The van der Waals surface area contributed by atoms with Crippen molar-refractivity contribution in [3.05, 3.63) is 22.6 Å². The monoisotopic (exact) mass is 412 g/mol. The predicted octanol–water partition coefficient (Wildman–Crippen LogP) is 2.88. The average Bonchev–Trinajstić information content (AvgIpc) is 3.27. The van der Waals surface area contributed by atoms with E-state index in [2.05, 4.69) is 42.8 Å². The fourth-order valence-electron chi connectivity index (χ4n) is 4.56. The number of hydrogen-bond acceptors (Lipinski definition) is 6. The Kier molecular flexibility index (Phi) is 4.40. The van der Waals surface area contributed by atoms with Crippen LogP contribution in [0, 0.1) is 11.3 Å². The van der Waals surface area contributed by atoms with Crippen LogP contribution in [0.4, 0.5) is 0 Å². The standard InChI is InChI=1S/C21H28N6OS/c1-21(2,3)13-5-6-14-15(11-13)29-19-16(14)18-23-17(24-27(18)12-22-19)20(28)26-9-7-25(4)8-10-26/h12-13H,5-11H2,1-4H3. The number of thiophene rings is 1. The summed E-state index contributed by atoms with van der Waals surface area (Å²) in [5.74, 6) is 0.894. The average molecular weight is 413 g/mol. The molecule has 29 heavy (non-hydrogen) atoms. The van der Waals surface area contributed by atoms with E-state index in [4.69, 9.17) is 4.98 Å². The van der Waals surface area contributed by atoms with Crippen LogP contribution in [0.25, 0.3) is 15.9 Å². The largest absolute Gasteiger partial charge is 0.333 e. The zero-order valence-electron chi connectivity index (χ0n) is 17.6. The molecule has 1 saturated heterocycles. The molecule has 1 atom stereocenters.